The minimum Gasteiger partial charge on any atom is -0.503 e. The van der Waals surface area contributed by atoms with Gasteiger partial charge in [0.2, 0.25) is 0 Å². The highest BCUT2D eigenvalue weighted by Gasteiger charge is 2.32. The monoisotopic (exact) mass is 405 g/mol. The van der Waals surface area contributed by atoms with E-state index in [9.17, 15) is 9.90 Å². The molecule has 7 heteroatoms. The van der Waals surface area contributed by atoms with Gasteiger partial charge in [-0.3, -0.25) is 9.69 Å². The van der Waals surface area contributed by atoms with Crippen molar-refractivity contribution in [2.75, 3.05) is 6.61 Å². The zero-order valence-corrected chi connectivity index (χ0v) is 16.3. The van der Waals surface area contributed by atoms with E-state index >= 15 is 0 Å². The van der Waals surface area contributed by atoms with Crippen molar-refractivity contribution in [3.8, 4) is 11.5 Å². The Morgan fingerprint density at radius 2 is 2.04 bits per heavy atom. The van der Waals surface area contributed by atoms with E-state index < -0.39 is 0 Å². The normalized spacial score (nSPS) is 15.8. The molecule has 134 valence electrons. The molecule has 2 aromatic rings. The van der Waals surface area contributed by atoms with Crippen LogP contribution in [-0.4, -0.2) is 26.8 Å². The van der Waals surface area contributed by atoms with Crippen LogP contribution < -0.4 is 4.74 Å². The number of thiocarbonyl (C=S) groups is 1. The van der Waals surface area contributed by atoms with Crippen LogP contribution in [0.2, 0.25) is 5.02 Å². The molecule has 1 fully saturated rings. The third-order valence-electron chi connectivity index (χ3n) is 3.71. The summed E-state index contributed by atoms with van der Waals surface area (Å²) in [5.41, 5.74) is 1.67. The summed E-state index contributed by atoms with van der Waals surface area (Å²) >= 11 is 12.7. The Labute approximate surface area is 166 Å². The molecule has 2 aromatic carbocycles. The molecule has 0 aromatic heterocycles. The van der Waals surface area contributed by atoms with Crippen LogP contribution in [0.25, 0.3) is 6.08 Å². The van der Waals surface area contributed by atoms with Gasteiger partial charge in [-0.25, -0.2) is 0 Å². The van der Waals surface area contributed by atoms with E-state index in [1.165, 1.54) is 11.8 Å². The van der Waals surface area contributed by atoms with E-state index in [0.29, 0.717) is 27.9 Å². The average molecular weight is 406 g/mol. The lowest BCUT2D eigenvalue weighted by Gasteiger charge is -2.14. The molecule has 0 atom stereocenters. The van der Waals surface area contributed by atoms with Gasteiger partial charge in [-0.15, -0.1) is 0 Å². The molecule has 0 spiro atoms. The molecular weight excluding hydrogens is 390 g/mol. The van der Waals surface area contributed by atoms with Gasteiger partial charge in [0.25, 0.3) is 5.91 Å². The number of hydrogen-bond acceptors (Lipinski definition) is 5. The van der Waals surface area contributed by atoms with Crippen LogP contribution in [0.1, 0.15) is 18.1 Å². The highest BCUT2D eigenvalue weighted by atomic mass is 35.5. The average Bonchev–Trinajstić information content (AvgIpc) is 2.88. The summed E-state index contributed by atoms with van der Waals surface area (Å²) in [5, 5.41) is 10.1. The number of phenolic OH excluding ortho intramolecular Hbond substituents is 1. The van der Waals surface area contributed by atoms with Crippen molar-refractivity contribution < 1.29 is 14.6 Å². The lowest BCUT2D eigenvalue weighted by molar-refractivity contribution is -0.122. The van der Waals surface area contributed by atoms with Crippen LogP contribution in [-0.2, 0) is 11.3 Å². The van der Waals surface area contributed by atoms with Crippen LogP contribution in [0.15, 0.2) is 47.4 Å². The molecule has 1 amide bonds. The predicted molar refractivity (Wildman–Crippen MR) is 109 cm³/mol. The first-order valence-corrected chi connectivity index (χ1v) is 9.54. The van der Waals surface area contributed by atoms with Crippen molar-refractivity contribution in [1.29, 1.82) is 0 Å². The number of hydrogen-bond donors (Lipinski definition) is 1. The summed E-state index contributed by atoms with van der Waals surface area (Å²) in [6.07, 6.45) is 1.71. The number of rotatable bonds is 5. The third-order valence-corrected chi connectivity index (χ3v) is 5.37. The molecule has 1 aliphatic heterocycles. The van der Waals surface area contributed by atoms with E-state index in [-0.39, 0.29) is 22.4 Å². The maximum absolute atomic E-state index is 12.7. The Balaban J connectivity index is 1.86. The van der Waals surface area contributed by atoms with Crippen LogP contribution in [0, 0.1) is 0 Å². The number of nitrogens with zero attached hydrogens (tertiary/aromatic N) is 1. The first-order valence-electron chi connectivity index (χ1n) is 7.94. The van der Waals surface area contributed by atoms with Crippen LogP contribution in [0.4, 0.5) is 0 Å². The van der Waals surface area contributed by atoms with Gasteiger partial charge in [-0.2, -0.15) is 0 Å². The van der Waals surface area contributed by atoms with Crippen molar-refractivity contribution in [3.05, 3.63) is 63.5 Å². The second-order valence-corrected chi connectivity index (χ2v) is 7.62. The lowest BCUT2D eigenvalue weighted by Crippen LogP contribution is -2.27. The first-order chi connectivity index (χ1) is 12.5. The first kappa shape index (κ1) is 18.8. The second kappa shape index (κ2) is 8.12. The zero-order chi connectivity index (χ0) is 18.7. The number of amides is 1. The summed E-state index contributed by atoms with van der Waals surface area (Å²) < 4.78 is 5.89. The quantitative estimate of drug-likeness (QED) is 0.569. The molecule has 1 N–H and O–H groups in total. The summed E-state index contributed by atoms with van der Waals surface area (Å²) in [6, 6.07) is 12.9. The van der Waals surface area contributed by atoms with Gasteiger partial charge in [0.1, 0.15) is 4.32 Å². The highest BCUT2D eigenvalue weighted by molar-refractivity contribution is 8.26. The van der Waals surface area contributed by atoms with Gasteiger partial charge in [-0.1, -0.05) is 65.9 Å². The highest BCUT2D eigenvalue weighted by Crippen LogP contribution is 2.38. The zero-order valence-electron chi connectivity index (χ0n) is 13.9. The van der Waals surface area contributed by atoms with Crippen LogP contribution in [0.5, 0.6) is 11.5 Å². The fourth-order valence-corrected chi connectivity index (χ4v) is 3.97. The second-order valence-electron chi connectivity index (χ2n) is 5.54. The fourth-order valence-electron chi connectivity index (χ4n) is 2.50. The van der Waals surface area contributed by atoms with Crippen molar-refractivity contribution in [1.82, 2.24) is 4.90 Å². The molecule has 0 aliphatic carbocycles. The fraction of sp³-hybridized carbons (Fsp3) is 0.158. The van der Waals surface area contributed by atoms with Crippen molar-refractivity contribution in [2.45, 2.75) is 13.5 Å². The number of carbonyl (C=O) groups is 1. The Bertz CT molecular complexity index is 884. The number of halogens is 1. The van der Waals surface area contributed by atoms with E-state index in [4.69, 9.17) is 28.6 Å². The third kappa shape index (κ3) is 4.03. The minimum absolute atomic E-state index is 0.109. The maximum Gasteiger partial charge on any atom is 0.266 e. The molecular formula is C19H16ClNO3S2. The summed E-state index contributed by atoms with van der Waals surface area (Å²) in [6.45, 7) is 2.64. The van der Waals surface area contributed by atoms with Gasteiger partial charge >= 0.3 is 0 Å². The molecule has 1 aliphatic rings. The molecule has 0 radical (unpaired) electrons. The van der Waals surface area contributed by atoms with E-state index in [0.717, 1.165) is 5.56 Å². The van der Waals surface area contributed by atoms with Gasteiger partial charge in [0, 0.05) is 0 Å². The number of phenols is 1. The van der Waals surface area contributed by atoms with Gasteiger partial charge in [0.05, 0.1) is 23.1 Å². The van der Waals surface area contributed by atoms with Crippen molar-refractivity contribution >= 4 is 51.9 Å². The van der Waals surface area contributed by atoms with Gasteiger partial charge < -0.3 is 9.84 Å². The maximum atomic E-state index is 12.7. The number of ether oxygens (including phenoxy) is 1. The standard InChI is InChI=1S/C19H16ClNO3S2/c1-2-24-15-9-13(8-14(20)17(15)22)10-16-18(23)21(19(25)26-16)11-12-6-4-3-5-7-12/h3-10,22H,2,11H2,1H3/b16-10+. The topological polar surface area (TPSA) is 49.8 Å². The molecule has 4 nitrogen and oxygen atoms in total. The molecule has 0 unspecified atom stereocenters. The van der Waals surface area contributed by atoms with Crippen molar-refractivity contribution in [3.63, 3.8) is 0 Å². The van der Waals surface area contributed by atoms with E-state index in [1.807, 2.05) is 37.3 Å². The Kier molecular flexibility index (Phi) is 5.86. The number of carbonyl (C=O) groups excluding carboxylic acids is 1. The Morgan fingerprint density at radius 3 is 2.73 bits per heavy atom. The van der Waals surface area contributed by atoms with Gasteiger partial charge in [0.15, 0.2) is 11.5 Å². The van der Waals surface area contributed by atoms with Crippen LogP contribution >= 0.6 is 35.6 Å². The summed E-state index contributed by atoms with van der Waals surface area (Å²) in [4.78, 5) is 14.8. The lowest BCUT2D eigenvalue weighted by atomic mass is 10.1. The molecule has 1 saturated heterocycles. The minimum atomic E-state index is -0.147. The molecule has 0 saturated carbocycles. The summed E-state index contributed by atoms with van der Waals surface area (Å²) in [7, 11) is 0. The summed E-state index contributed by atoms with van der Waals surface area (Å²) in [5.74, 6) is 0.0271. The molecule has 1 heterocycles. The van der Waals surface area contributed by atoms with Crippen molar-refractivity contribution in [2.24, 2.45) is 0 Å². The Morgan fingerprint density at radius 1 is 1.31 bits per heavy atom. The number of thioether (sulfide) groups is 1. The molecule has 26 heavy (non-hydrogen) atoms. The van der Waals surface area contributed by atoms with Gasteiger partial charge in [-0.05, 0) is 36.3 Å². The number of aromatic hydroxyl groups is 1. The van der Waals surface area contributed by atoms with E-state index in [2.05, 4.69) is 0 Å². The smallest absolute Gasteiger partial charge is 0.266 e. The molecule has 0 bridgehead atoms. The Hall–Kier alpha value is -2.02. The molecule has 3 rings (SSSR count). The predicted octanol–water partition coefficient (Wildman–Crippen LogP) is 4.85. The van der Waals surface area contributed by atoms with Crippen LogP contribution in [0.3, 0.4) is 0 Å². The van der Waals surface area contributed by atoms with E-state index in [1.54, 1.807) is 23.1 Å². The SMILES string of the molecule is CCOc1cc(/C=C2/SC(=S)N(Cc3ccccc3)C2=O)cc(Cl)c1O. The largest absolute Gasteiger partial charge is 0.503 e. The number of benzene rings is 2.